The van der Waals surface area contributed by atoms with Crippen LogP contribution < -0.4 is 0 Å². The molecule has 14 heteroatoms. The zero-order valence-corrected chi connectivity index (χ0v) is 8.85. The molecule has 0 saturated carbocycles. The molecule has 0 radical (unpaired) electrons. The summed E-state index contributed by atoms with van der Waals surface area (Å²) in [5, 5.41) is 0. The Morgan fingerprint density at radius 1 is 0.762 bits per heavy atom. The van der Waals surface area contributed by atoms with Crippen LogP contribution in [0.3, 0.4) is 0 Å². The third kappa shape index (κ3) is 3.53. The molecule has 0 spiro atoms. The molecule has 0 aromatic heterocycles. The highest BCUT2D eigenvalue weighted by Gasteiger charge is 2.78. The van der Waals surface area contributed by atoms with Crippen molar-refractivity contribution in [3.63, 3.8) is 0 Å². The Morgan fingerprint density at radius 2 is 1.14 bits per heavy atom. The Hall–Kier alpha value is -1.63. The van der Waals surface area contributed by atoms with Crippen molar-refractivity contribution in [3.8, 4) is 0 Å². The molecule has 0 bridgehead atoms. The number of hydrogen-bond donors (Lipinski definition) is 0. The fourth-order valence-electron chi connectivity index (χ4n) is 0.639. The quantitative estimate of drug-likeness (QED) is 0.428. The standard InChI is InChI=1S/C7F12O2/c8-1(5(13,14)15)2(9)21-7(18,19)6(16,17)4(11,12)3(10)20. The first-order valence-electron chi connectivity index (χ1n) is 4.13. The van der Waals surface area contributed by atoms with Crippen molar-refractivity contribution in [3.05, 3.63) is 11.8 Å². The van der Waals surface area contributed by atoms with Crippen molar-refractivity contribution < 1.29 is 62.2 Å². The third-order valence-corrected chi connectivity index (χ3v) is 1.65. The van der Waals surface area contributed by atoms with Gasteiger partial charge in [-0.1, -0.05) is 0 Å². The lowest BCUT2D eigenvalue weighted by molar-refractivity contribution is -0.385. The lowest BCUT2D eigenvalue weighted by Crippen LogP contribution is -2.58. The molecule has 0 heterocycles. The summed E-state index contributed by atoms with van der Waals surface area (Å²) >= 11 is 0. The molecule has 0 aromatic rings. The van der Waals surface area contributed by atoms with E-state index in [9.17, 15) is 57.5 Å². The van der Waals surface area contributed by atoms with Gasteiger partial charge in [-0.05, 0) is 0 Å². The van der Waals surface area contributed by atoms with E-state index in [1.807, 2.05) is 4.74 Å². The molecular formula is C7F12O2. The lowest BCUT2D eigenvalue weighted by Gasteiger charge is -2.29. The van der Waals surface area contributed by atoms with Gasteiger partial charge in [-0.3, -0.25) is 4.79 Å². The van der Waals surface area contributed by atoms with E-state index in [1.54, 1.807) is 0 Å². The van der Waals surface area contributed by atoms with Gasteiger partial charge in [-0.15, -0.1) is 0 Å². The first kappa shape index (κ1) is 19.4. The summed E-state index contributed by atoms with van der Waals surface area (Å²) in [5.41, 5.74) is 0. The minimum Gasteiger partial charge on any atom is -0.399 e. The number of allylic oxidation sites excluding steroid dienone is 1. The Kier molecular flexibility index (Phi) is 4.88. The largest absolute Gasteiger partial charge is 0.473 e. The maximum absolute atomic E-state index is 12.5. The second kappa shape index (κ2) is 5.29. The van der Waals surface area contributed by atoms with Crippen LogP contribution in [0.25, 0.3) is 0 Å². The topological polar surface area (TPSA) is 26.3 Å². The number of rotatable bonds is 5. The van der Waals surface area contributed by atoms with Gasteiger partial charge in [0.15, 0.2) is 0 Å². The molecule has 124 valence electrons. The van der Waals surface area contributed by atoms with Gasteiger partial charge in [0.1, 0.15) is 0 Å². The zero-order valence-electron chi connectivity index (χ0n) is 8.85. The van der Waals surface area contributed by atoms with Crippen molar-refractivity contribution in [2.45, 2.75) is 24.1 Å². The van der Waals surface area contributed by atoms with Gasteiger partial charge in [-0.25, -0.2) is 0 Å². The Labute approximate surface area is 106 Å². The number of carbonyl (C=O) groups is 1. The van der Waals surface area contributed by atoms with Crippen molar-refractivity contribution in [2.75, 3.05) is 0 Å². The van der Waals surface area contributed by atoms with E-state index in [-0.39, 0.29) is 0 Å². The van der Waals surface area contributed by atoms with Crippen LogP contribution in [0.4, 0.5) is 52.7 Å². The molecule has 0 fully saturated rings. The van der Waals surface area contributed by atoms with E-state index in [1.165, 1.54) is 0 Å². The Balaban J connectivity index is 5.66. The van der Waals surface area contributed by atoms with Crippen LogP contribution in [0.15, 0.2) is 11.8 Å². The Bertz CT molecular complexity index is 447. The monoisotopic (exact) mass is 344 g/mol. The molecule has 21 heavy (non-hydrogen) atoms. The van der Waals surface area contributed by atoms with Crippen LogP contribution in [0.1, 0.15) is 0 Å². The molecule has 0 aromatic carbocycles. The molecular weight excluding hydrogens is 344 g/mol. The molecule has 0 atom stereocenters. The number of ether oxygens (including phenoxy) is 1. The normalized spacial score (nSPS) is 15.6. The average molecular weight is 344 g/mol. The summed E-state index contributed by atoms with van der Waals surface area (Å²) in [4.78, 5) is 9.49. The summed E-state index contributed by atoms with van der Waals surface area (Å²) in [5.74, 6) is -18.0. The highest BCUT2D eigenvalue weighted by molar-refractivity contribution is 5.77. The molecule has 0 unspecified atom stereocenters. The minimum absolute atomic E-state index is 1.86. The van der Waals surface area contributed by atoms with Crippen LogP contribution in [0.5, 0.6) is 0 Å². The fraction of sp³-hybridized carbons (Fsp3) is 0.571. The van der Waals surface area contributed by atoms with Crippen LogP contribution in [-0.2, 0) is 9.53 Å². The van der Waals surface area contributed by atoms with E-state index in [0.717, 1.165) is 0 Å². The van der Waals surface area contributed by atoms with E-state index in [0.29, 0.717) is 0 Å². The highest BCUT2D eigenvalue weighted by Crippen LogP contribution is 2.48. The SMILES string of the molecule is O=C(F)C(F)(F)C(F)(F)C(F)(F)OC(F)=C(F)C(F)(F)F. The van der Waals surface area contributed by atoms with Crippen molar-refractivity contribution in [1.29, 1.82) is 0 Å². The summed E-state index contributed by atoms with van der Waals surface area (Å²) in [7, 11) is 0. The number of carbonyl (C=O) groups excluding carboxylic acids is 1. The van der Waals surface area contributed by atoms with Gasteiger partial charge in [0.05, 0.1) is 0 Å². The van der Waals surface area contributed by atoms with E-state index in [4.69, 9.17) is 0 Å². The van der Waals surface area contributed by atoms with E-state index < -0.39 is 42.0 Å². The fourth-order valence-corrected chi connectivity index (χ4v) is 0.639. The van der Waals surface area contributed by atoms with Crippen LogP contribution in [0.2, 0.25) is 0 Å². The van der Waals surface area contributed by atoms with Gasteiger partial charge in [-0.2, -0.15) is 52.7 Å². The molecule has 0 saturated heterocycles. The molecule has 0 amide bonds. The van der Waals surface area contributed by atoms with Gasteiger partial charge >= 0.3 is 36.2 Å². The van der Waals surface area contributed by atoms with Crippen molar-refractivity contribution in [1.82, 2.24) is 0 Å². The molecule has 2 nitrogen and oxygen atoms in total. The maximum atomic E-state index is 12.5. The van der Waals surface area contributed by atoms with Crippen LogP contribution in [0, 0.1) is 0 Å². The summed E-state index contributed by atoms with van der Waals surface area (Å²) < 4.78 is 146. The third-order valence-electron chi connectivity index (χ3n) is 1.65. The van der Waals surface area contributed by atoms with Gasteiger partial charge < -0.3 is 4.74 Å². The average Bonchev–Trinajstić information content (AvgIpc) is 2.25. The van der Waals surface area contributed by atoms with Crippen LogP contribution in [-0.4, -0.2) is 30.2 Å². The first-order chi connectivity index (χ1) is 8.98. The van der Waals surface area contributed by atoms with E-state index in [2.05, 4.69) is 0 Å². The second-order valence-electron chi connectivity index (χ2n) is 3.13. The van der Waals surface area contributed by atoms with Gasteiger partial charge in [0.25, 0.3) is 5.83 Å². The van der Waals surface area contributed by atoms with Crippen molar-refractivity contribution >= 4 is 6.04 Å². The predicted octanol–water partition coefficient (Wildman–Crippen LogP) is 4.03. The molecule has 0 aliphatic carbocycles. The number of alkyl halides is 9. The summed E-state index contributed by atoms with van der Waals surface area (Å²) in [6.45, 7) is 0. The molecule has 0 aliphatic rings. The van der Waals surface area contributed by atoms with Gasteiger partial charge in [0.2, 0.25) is 0 Å². The lowest BCUT2D eigenvalue weighted by atomic mass is 10.1. The summed E-state index contributed by atoms with van der Waals surface area (Å²) in [6.07, 6.45) is -13.2. The van der Waals surface area contributed by atoms with Crippen molar-refractivity contribution in [2.24, 2.45) is 0 Å². The second-order valence-corrected chi connectivity index (χ2v) is 3.13. The minimum atomic E-state index is -7.12. The first-order valence-corrected chi connectivity index (χ1v) is 4.13. The highest BCUT2D eigenvalue weighted by atomic mass is 19.4. The smallest absolute Gasteiger partial charge is 0.399 e. The van der Waals surface area contributed by atoms with Crippen LogP contribution >= 0.6 is 0 Å². The number of hydrogen-bond acceptors (Lipinski definition) is 2. The van der Waals surface area contributed by atoms with Gasteiger partial charge in [0, 0.05) is 0 Å². The Morgan fingerprint density at radius 3 is 1.43 bits per heavy atom. The molecule has 0 aliphatic heterocycles. The molecule has 0 rings (SSSR count). The summed E-state index contributed by atoms with van der Waals surface area (Å²) in [6, 6.07) is -8.33. The van der Waals surface area contributed by atoms with E-state index >= 15 is 0 Å². The maximum Gasteiger partial charge on any atom is 0.473 e. The predicted molar refractivity (Wildman–Crippen MR) is 37.3 cm³/mol. The molecule has 0 N–H and O–H groups in total. The number of halogens is 12. The zero-order chi connectivity index (χ0) is 17.4.